The Morgan fingerprint density at radius 2 is 1.68 bits per heavy atom. The van der Waals surface area contributed by atoms with Gasteiger partial charge in [0.1, 0.15) is 18.1 Å². The number of carbonyl (C=O) groups excluding carboxylic acids is 1. The Morgan fingerprint density at radius 1 is 0.947 bits per heavy atom. The number of morpholine rings is 1. The van der Waals surface area contributed by atoms with Crippen molar-refractivity contribution in [2.24, 2.45) is 0 Å². The number of nitrogens with one attached hydrogen (secondary N) is 1. The predicted molar refractivity (Wildman–Crippen MR) is 146 cm³/mol. The zero-order valence-electron chi connectivity index (χ0n) is 21.0. The van der Waals surface area contributed by atoms with Crippen LogP contribution < -0.4 is 4.74 Å². The first-order chi connectivity index (χ1) is 18.7. The number of halogens is 1. The maximum Gasteiger partial charge on any atom is 0.273 e. The first-order valence-electron chi connectivity index (χ1n) is 12.9. The van der Waals surface area contributed by atoms with E-state index in [4.69, 9.17) is 21.1 Å². The van der Waals surface area contributed by atoms with Gasteiger partial charge in [0.25, 0.3) is 5.91 Å². The number of hydrogen-bond acceptors (Lipinski definition) is 5. The zero-order chi connectivity index (χ0) is 25.9. The van der Waals surface area contributed by atoms with Crippen LogP contribution in [0, 0.1) is 0 Å². The number of hydrogen-bond donors (Lipinski definition) is 1. The zero-order valence-corrected chi connectivity index (χ0v) is 21.7. The summed E-state index contributed by atoms with van der Waals surface area (Å²) in [5.74, 6) is 0.750. The number of aromatic amines is 1. The molecule has 0 bridgehead atoms. The summed E-state index contributed by atoms with van der Waals surface area (Å²) in [6.45, 7) is 5.10. The van der Waals surface area contributed by atoms with Gasteiger partial charge in [0.2, 0.25) is 0 Å². The molecule has 0 saturated carbocycles. The van der Waals surface area contributed by atoms with E-state index in [0.29, 0.717) is 23.9 Å². The molecule has 1 fully saturated rings. The van der Waals surface area contributed by atoms with E-state index < -0.39 is 0 Å². The van der Waals surface area contributed by atoms with Crippen LogP contribution in [-0.2, 0) is 11.3 Å². The molecule has 7 nitrogen and oxygen atoms in total. The van der Waals surface area contributed by atoms with E-state index in [1.54, 1.807) is 0 Å². The number of amides is 1. The van der Waals surface area contributed by atoms with Crippen LogP contribution in [-0.4, -0.2) is 65.3 Å². The van der Waals surface area contributed by atoms with E-state index >= 15 is 0 Å². The average molecular weight is 529 g/mol. The lowest BCUT2D eigenvalue weighted by Crippen LogP contribution is -2.42. The summed E-state index contributed by atoms with van der Waals surface area (Å²) >= 11 is 5.99. The van der Waals surface area contributed by atoms with Gasteiger partial charge in [-0.3, -0.25) is 14.8 Å². The summed E-state index contributed by atoms with van der Waals surface area (Å²) in [5, 5.41) is 8.32. The third-order valence-electron chi connectivity index (χ3n) is 7.19. The fourth-order valence-corrected chi connectivity index (χ4v) is 5.28. The molecule has 1 atom stereocenters. The van der Waals surface area contributed by atoms with Crippen molar-refractivity contribution in [1.82, 2.24) is 20.0 Å². The van der Waals surface area contributed by atoms with E-state index in [9.17, 15) is 4.79 Å². The van der Waals surface area contributed by atoms with Gasteiger partial charge in [0.15, 0.2) is 0 Å². The second-order valence-corrected chi connectivity index (χ2v) is 10.0. The number of fused-ring (bicyclic) bond motifs is 1. The molecule has 0 aliphatic carbocycles. The third kappa shape index (κ3) is 5.05. The highest BCUT2D eigenvalue weighted by atomic mass is 35.5. The summed E-state index contributed by atoms with van der Waals surface area (Å²) < 4.78 is 11.5. The smallest absolute Gasteiger partial charge is 0.273 e. The van der Waals surface area contributed by atoms with Crippen LogP contribution in [0.15, 0.2) is 78.9 Å². The van der Waals surface area contributed by atoms with Gasteiger partial charge in [-0.1, -0.05) is 66.2 Å². The van der Waals surface area contributed by atoms with Gasteiger partial charge in [-0.15, -0.1) is 0 Å². The Bertz CT molecular complexity index is 1380. The van der Waals surface area contributed by atoms with Gasteiger partial charge < -0.3 is 14.4 Å². The van der Waals surface area contributed by atoms with Crippen LogP contribution in [0.5, 0.6) is 5.75 Å². The van der Waals surface area contributed by atoms with Crippen molar-refractivity contribution in [3.05, 3.63) is 106 Å². The standard InChI is InChI=1S/C30H29ClN4O3/c31-24-10-6-21(7-11-24)20-38-25-12-8-23(9-13-25)29-26-27(22-4-2-1-3-5-22)32-33-28(26)30(36)35(29)15-14-34-16-18-37-19-17-34/h1-13,29H,14-20H2,(H,32,33). The fourth-order valence-electron chi connectivity index (χ4n) is 5.16. The van der Waals surface area contributed by atoms with E-state index in [1.807, 2.05) is 83.8 Å². The van der Waals surface area contributed by atoms with Gasteiger partial charge in [0.05, 0.1) is 24.9 Å². The second kappa shape index (κ2) is 11.0. The lowest BCUT2D eigenvalue weighted by atomic mass is 9.96. The molecule has 1 N–H and O–H groups in total. The van der Waals surface area contributed by atoms with Crippen LogP contribution in [0.1, 0.15) is 33.2 Å². The Balaban J connectivity index is 1.28. The molecule has 1 amide bonds. The molecular formula is C30H29ClN4O3. The second-order valence-electron chi connectivity index (χ2n) is 9.57. The highest BCUT2D eigenvalue weighted by Gasteiger charge is 2.42. The Kier molecular flexibility index (Phi) is 7.14. The predicted octanol–water partition coefficient (Wildman–Crippen LogP) is 5.19. The molecule has 6 rings (SSSR count). The summed E-state index contributed by atoms with van der Waals surface area (Å²) in [5.41, 5.74) is 5.37. The molecule has 1 unspecified atom stereocenters. The molecule has 4 aromatic rings. The lowest BCUT2D eigenvalue weighted by Gasteiger charge is -2.31. The SMILES string of the molecule is O=C1c2[nH]nc(-c3ccccc3)c2C(c2ccc(OCc3ccc(Cl)cc3)cc2)N1CCN1CCOCC1. The van der Waals surface area contributed by atoms with Crippen molar-refractivity contribution < 1.29 is 14.3 Å². The molecule has 194 valence electrons. The van der Waals surface area contributed by atoms with Crippen LogP contribution in [0.25, 0.3) is 11.3 Å². The van der Waals surface area contributed by atoms with Gasteiger partial charge >= 0.3 is 0 Å². The highest BCUT2D eigenvalue weighted by Crippen LogP contribution is 2.43. The Hall–Kier alpha value is -3.65. The van der Waals surface area contributed by atoms with Crippen LogP contribution in [0.3, 0.4) is 0 Å². The molecule has 3 heterocycles. The largest absolute Gasteiger partial charge is 0.489 e. The number of benzene rings is 3. The van der Waals surface area contributed by atoms with E-state index in [2.05, 4.69) is 15.1 Å². The highest BCUT2D eigenvalue weighted by molar-refractivity contribution is 6.30. The van der Waals surface area contributed by atoms with E-state index in [-0.39, 0.29) is 11.9 Å². The molecule has 2 aliphatic rings. The van der Waals surface area contributed by atoms with Crippen molar-refractivity contribution in [2.75, 3.05) is 39.4 Å². The van der Waals surface area contributed by atoms with Gasteiger partial charge in [-0.25, -0.2) is 0 Å². The van der Waals surface area contributed by atoms with Crippen molar-refractivity contribution in [3.63, 3.8) is 0 Å². The maximum atomic E-state index is 13.6. The normalized spacial score (nSPS) is 17.6. The molecule has 1 aromatic heterocycles. The van der Waals surface area contributed by atoms with Crippen molar-refractivity contribution in [1.29, 1.82) is 0 Å². The van der Waals surface area contributed by atoms with Crippen LogP contribution in [0.4, 0.5) is 0 Å². The first-order valence-corrected chi connectivity index (χ1v) is 13.3. The minimum Gasteiger partial charge on any atom is -0.489 e. The fraction of sp³-hybridized carbons (Fsp3) is 0.267. The minimum absolute atomic E-state index is 0.0176. The minimum atomic E-state index is -0.238. The first kappa shape index (κ1) is 24.7. The Labute approximate surface area is 226 Å². The number of nitrogens with zero attached hydrogens (tertiary/aromatic N) is 3. The number of rotatable bonds is 8. The number of carbonyl (C=O) groups is 1. The lowest BCUT2D eigenvalue weighted by molar-refractivity contribution is 0.0316. The summed E-state index contributed by atoms with van der Waals surface area (Å²) in [4.78, 5) is 17.9. The molecule has 0 spiro atoms. The third-order valence-corrected chi connectivity index (χ3v) is 7.44. The summed E-state index contributed by atoms with van der Waals surface area (Å²) in [6.07, 6.45) is 0. The number of H-pyrrole nitrogens is 1. The maximum absolute atomic E-state index is 13.6. The molecule has 0 radical (unpaired) electrons. The number of aromatic nitrogens is 2. The Morgan fingerprint density at radius 3 is 2.42 bits per heavy atom. The van der Waals surface area contributed by atoms with Crippen molar-refractivity contribution >= 4 is 17.5 Å². The molecule has 3 aromatic carbocycles. The van der Waals surface area contributed by atoms with Gasteiger partial charge in [-0.2, -0.15) is 5.10 Å². The summed E-state index contributed by atoms with van der Waals surface area (Å²) in [7, 11) is 0. The van der Waals surface area contributed by atoms with Gasteiger partial charge in [0, 0.05) is 42.3 Å². The van der Waals surface area contributed by atoms with E-state index in [1.165, 1.54) is 0 Å². The van der Waals surface area contributed by atoms with E-state index in [0.717, 1.165) is 66.5 Å². The summed E-state index contributed by atoms with van der Waals surface area (Å²) in [6, 6.07) is 25.5. The van der Waals surface area contributed by atoms with Gasteiger partial charge in [-0.05, 0) is 35.4 Å². The monoisotopic (exact) mass is 528 g/mol. The average Bonchev–Trinajstić information content (AvgIpc) is 3.51. The topological polar surface area (TPSA) is 70.7 Å². The number of ether oxygens (including phenoxy) is 2. The van der Waals surface area contributed by atoms with Crippen LogP contribution in [0.2, 0.25) is 5.02 Å². The van der Waals surface area contributed by atoms with Crippen molar-refractivity contribution in [3.8, 4) is 17.0 Å². The molecular weight excluding hydrogens is 500 g/mol. The quantitative estimate of drug-likeness (QED) is 0.341. The molecule has 38 heavy (non-hydrogen) atoms. The molecule has 8 heteroatoms. The van der Waals surface area contributed by atoms with Crippen LogP contribution >= 0.6 is 11.6 Å². The molecule has 2 aliphatic heterocycles. The molecule has 1 saturated heterocycles. The van der Waals surface area contributed by atoms with Crippen molar-refractivity contribution in [2.45, 2.75) is 12.6 Å².